The highest BCUT2D eigenvalue weighted by atomic mass is 19.1. The first-order valence-electron chi connectivity index (χ1n) is 10.7. The van der Waals surface area contributed by atoms with Crippen LogP contribution in [-0.4, -0.2) is 25.0 Å². The fourth-order valence-electron chi connectivity index (χ4n) is 6.43. The Hall–Kier alpha value is -1.42. The highest BCUT2D eigenvalue weighted by molar-refractivity contribution is 5.83. The molecule has 2 bridgehead atoms. The van der Waals surface area contributed by atoms with E-state index in [9.17, 15) is 9.18 Å². The van der Waals surface area contributed by atoms with Gasteiger partial charge in [-0.25, -0.2) is 4.39 Å². The van der Waals surface area contributed by atoms with E-state index in [4.69, 9.17) is 0 Å². The van der Waals surface area contributed by atoms with Gasteiger partial charge in [0, 0.05) is 11.5 Å². The number of piperidine rings is 1. The summed E-state index contributed by atoms with van der Waals surface area (Å²) in [6.45, 7) is 6.48. The molecule has 0 aromatic heterocycles. The van der Waals surface area contributed by atoms with Gasteiger partial charge in [-0.2, -0.15) is 0 Å². The van der Waals surface area contributed by atoms with Crippen molar-refractivity contribution in [2.45, 2.75) is 70.3 Å². The van der Waals surface area contributed by atoms with Crippen LogP contribution in [0.2, 0.25) is 0 Å². The van der Waals surface area contributed by atoms with E-state index in [0.717, 1.165) is 51.6 Å². The van der Waals surface area contributed by atoms with Gasteiger partial charge in [-0.1, -0.05) is 26.0 Å². The minimum absolute atomic E-state index is 0.00843. The van der Waals surface area contributed by atoms with Crippen LogP contribution < -0.4 is 10.6 Å². The highest BCUT2D eigenvalue weighted by Gasteiger charge is 2.53. The van der Waals surface area contributed by atoms with Crippen molar-refractivity contribution in [1.29, 1.82) is 0 Å². The molecule has 1 aromatic carbocycles. The second kappa shape index (κ2) is 7.20. The molecule has 3 aliphatic rings. The average molecular weight is 373 g/mol. The van der Waals surface area contributed by atoms with E-state index in [1.54, 1.807) is 12.1 Å². The van der Waals surface area contributed by atoms with Crippen LogP contribution >= 0.6 is 0 Å². The molecule has 0 spiro atoms. The van der Waals surface area contributed by atoms with E-state index in [0.29, 0.717) is 17.9 Å². The number of halogens is 1. The Morgan fingerprint density at radius 2 is 1.85 bits per heavy atom. The molecule has 2 N–H and O–H groups in total. The molecule has 1 amide bonds. The molecule has 3 fully saturated rings. The van der Waals surface area contributed by atoms with Crippen molar-refractivity contribution in [3.8, 4) is 0 Å². The summed E-state index contributed by atoms with van der Waals surface area (Å²) in [4.78, 5) is 13.3. The lowest BCUT2D eigenvalue weighted by Crippen LogP contribution is -2.54. The second-order valence-electron chi connectivity index (χ2n) is 9.84. The van der Waals surface area contributed by atoms with E-state index in [-0.39, 0.29) is 22.6 Å². The molecule has 148 valence electrons. The van der Waals surface area contributed by atoms with Crippen LogP contribution in [0.15, 0.2) is 24.3 Å². The molecule has 3 nitrogen and oxygen atoms in total. The first-order valence-corrected chi connectivity index (χ1v) is 10.7. The molecule has 1 heterocycles. The fourth-order valence-corrected chi connectivity index (χ4v) is 6.43. The van der Waals surface area contributed by atoms with E-state index in [1.807, 2.05) is 12.1 Å². The van der Waals surface area contributed by atoms with E-state index < -0.39 is 0 Å². The Bertz CT molecular complexity index is 680. The summed E-state index contributed by atoms with van der Waals surface area (Å²) >= 11 is 0. The van der Waals surface area contributed by atoms with Gasteiger partial charge in [0.05, 0.1) is 0 Å². The lowest BCUT2D eigenvalue weighted by Gasteiger charge is -2.54. The van der Waals surface area contributed by atoms with Crippen molar-refractivity contribution in [2.75, 3.05) is 13.1 Å². The lowest BCUT2D eigenvalue weighted by atomic mass is 9.50. The smallest absolute Gasteiger partial charge is 0.226 e. The maximum Gasteiger partial charge on any atom is 0.226 e. The first kappa shape index (κ1) is 18.9. The number of rotatable bonds is 3. The molecule has 4 unspecified atom stereocenters. The molecular formula is C23H33FN2O. The standard InChI is InChI=1S/C23H33FN2O/c1-16-11-17-13-22(2,21(27)26-20-7-9-25-10-8-20)15-23(12-16,14-17)18-3-5-19(24)6-4-18/h3-6,16-17,20,25H,7-15H2,1-2H3,(H,26,27). The molecule has 2 saturated carbocycles. The van der Waals surface area contributed by atoms with E-state index in [1.165, 1.54) is 12.0 Å². The highest BCUT2D eigenvalue weighted by Crippen LogP contribution is 2.58. The molecular weight excluding hydrogens is 339 g/mol. The SMILES string of the molecule is CC1CC2CC(C)(C(=O)NC3CCNCC3)CC(c3ccc(F)cc3)(C1)C2. The number of nitrogens with one attached hydrogen (secondary N) is 2. The van der Waals surface area contributed by atoms with Crippen LogP contribution in [0, 0.1) is 23.1 Å². The first-order chi connectivity index (χ1) is 12.9. The third kappa shape index (κ3) is 3.78. The topological polar surface area (TPSA) is 41.1 Å². The van der Waals surface area contributed by atoms with Gasteiger partial charge in [-0.15, -0.1) is 0 Å². The largest absolute Gasteiger partial charge is 0.353 e. The number of amides is 1. The zero-order valence-corrected chi connectivity index (χ0v) is 16.7. The minimum atomic E-state index is -0.331. The third-order valence-corrected chi connectivity index (χ3v) is 7.30. The van der Waals surface area contributed by atoms with E-state index in [2.05, 4.69) is 24.5 Å². The van der Waals surface area contributed by atoms with Gasteiger partial charge < -0.3 is 10.6 Å². The van der Waals surface area contributed by atoms with Crippen LogP contribution in [0.1, 0.15) is 64.4 Å². The van der Waals surface area contributed by atoms with Crippen molar-refractivity contribution in [3.05, 3.63) is 35.6 Å². The predicted molar refractivity (Wildman–Crippen MR) is 106 cm³/mol. The summed E-state index contributed by atoms with van der Waals surface area (Å²) in [6.07, 6.45) is 7.35. The molecule has 1 aliphatic heterocycles. The average Bonchev–Trinajstić information content (AvgIpc) is 2.61. The zero-order chi connectivity index (χ0) is 19.1. The molecule has 4 heteroatoms. The Morgan fingerprint density at radius 1 is 1.15 bits per heavy atom. The van der Waals surface area contributed by atoms with Gasteiger partial charge in [0.2, 0.25) is 5.91 Å². The summed E-state index contributed by atoms with van der Waals surface area (Å²) in [5.74, 6) is 1.29. The van der Waals surface area contributed by atoms with Gasteiger partial charge in [-0.05, 0) is 93.0 Å². The molecule has 27 heavy (non-hydrogen) atoms. The number of carbonyl (C=O) groups excluding carboxylic acids is 1. The van der Waals surface area contributed by atoms with Gasteiger partial charge in [0.15, 0.2) is 0 Å². The zero-order valence-electron chi connectivity index (χ0n) is 16.7. The maximum atomic E-state index is 13.5. The summed E-state index contributed by atoms with van der Waals surface area (Å²) in [5.41, 5.74) is 0.901. The van der Waals surface area contributed by atoms with Gasteiger partial charge in [0.25, 0.3) is 0 Å². The number of hydrogen-bond donors (Lipinski definition) is 2. The molecule has 1 saturated heterocycles. The number of benzene rings is 1. The lowest BCUT2D eigenvalue weighted by molar-refractivity contribution is -0.137. The summed E-state index contributed by atoms with van der Waals surface area (Å²) in [7, 11) is 0. The van der Waals surface area contributed by atoms with Crippen molar-refractivity contribution in [2.24, 2.45) is 17.3 Å². The number of hydrogen-bond acceptors (Lipinski definition) is 2. The minimum Gasteiger partial charge on any atom is -0.353 e. The summed E-state index contributed by atoms with van der Waals surface area (Å²) in [6, 6.07) is 7.39. The third-order valence-electron chi connectivity index (χ3n) is 7.30. The van der Waals surface area contributed by atoms with Crippen molar-refractivity contribution in [3.63, 3.8) is 0 Å². The molecule has 0 radical (unpaired) electrons. The number of fused-ring (bicyclic) bond motifs is 2. The second-order valence-corrected chi connectivity index (χ2v) is 9.84. The van der Waals surface area contributed by atoms with Crippen LogP contribution in [0.3, 0.4) is 0 Å². The van der Waals surface area contributed by atoms with E-state index >= 15 is 0 Å². The van der Waals surface area contributed by atoms with Crippen LogP contribution in [0.4, 0.5) is 4.39 Å². The Balaban J connectivity index is 1.59. The Labute approximate surface area is 162 Å². The predicted octanol–water partition coefficient (Wildman–Crippen LogP) is 4.17. The monoisotopic (exact) mass is 372 g/mol. The normalized spacial score (nSPS) is 37.0. The van der Waals surface area contributed by atoms with Crippen LogP contribution in [0.5, 0.6) is 0 Å². The summed E-state index contributed by atoms with van der Waals surface area (Å²) < 4.78 is 13.5. The fraction of sp³-hybridized carbons (Fsp3) is 0.696. The molecule has 4 rings (SSSR count). The maximum absolute atomic E-state index is 13.5. The Kier molecular flexibility index (Phi) is 5.04. The van der Waals surface area contributed by atoms with Crippen molar-refractivity contribution >= 4 is 5.91 Å². The van der Waals surface area contributed by atoms with Crippen molar-refractivity contribution in [1.82, 2.24) is 10.6 Å². The molecule has 4 atom stereocenters. The van der Waals surface area contributed by atoms with Gasteiger partial charge in [0.1, 0.15) is 5.82 Å². The number of carbonyl (C=O) groups is 1. The van der Waals surface area contributed by atoms with Gasteiger partial charge >= 0.3 is 0 Å². The quantitative estimate of drug-likeness (QED) is 0.836. The van der Waals surface area contributed by atoms with Crippen LogP contribution in [0.25, 0.3) is 0 Å². The van der Waals surface area contributed by atoms with Crippen LogP contribution in [-0.2, 0) is 10.2 Å². The molecule has 1 aromatic rings. The Morgan fingerprint density at radius 3 is 2.56 bits per heavy atom. The summed E-state index contributed by atoms with van der Waals surface area (Å²) in [5, 5.41) is 6.73. The van der Waals surface area contributed by atoms with Gasteiger partial charge in [-0.3, -0.25) is 4.79 Å². The van der Waals surface area contributed by atoms with Crippen molar-refractivity contribution < 1.29 is 9.18 Å². The molecule has 2 aliphatic carbocycles.